The lowest BCUT2D eigenvalue weighted by atomic mass is 10.1. The maximum atomic E-state index is 12.1. The molecular formula is C21H22N4O. The van der Waals surface area contributed by atoms with E-state index in [4.69, 9.17) is 0 Å². The van der Waals surface area contributed by atoms with Crippen LogP contribution in [0.2, 0.25) is 0 Å². The Labute approximate surface area is 153 Å². The van der Waals surface area contributed by atoms with Gasteiger partial charge in [-0.25, -0.2) is 4.98 Å². The van der Waals surface area contributed by atoms with E-state index >= 15 is 0 Å². The molecule has 0 unspecified atom stereocenters. The van der Waals surface area contributed by atoms with Gasteiger partial charge in [0.25, 0.3) is 5.91 Å². The first-order chi connectivity index (χ1) is 12.6. The number of nitrogens with one attached hydrogen (secondary N) is 1. The Morgan fingerprint density at radius 1 is 1.12 bits per heavy atom. The summed E-state index contributed by atoms with van der Waals surface area (Å²) in [5, 5.41) is 2.94. The van der Waals surface area contributed by atoms with Crippen LogP contribution in [-0.4, -0.2) is 27.0 Å². The Kier molecular flexibility index (Phi) is 5.59. The molecule has 0 radical (unpaired) electrons. The van der Waals surface area contributed by atoms with E-state index in [9.17, 15) is 4.79 Å². The van der Waals surface area contributed by atoms with Crippen molar-refractivity contribution in [1.82, 2.24) is 19.9 Å². The van der Waals surface area contributed by atoms with Gasteiger partial charge in [0.1, 0.15) is 0 Å². The molecule has 3 rings (SSSR count). The van der Waals surface area contributed by atoms with Crippen LogP contribution < -0.4 is 5.32 Å². The molecule has 1 N–H and O–H groups in total. The third-order valence-corrected chi connectivity index (χ3v) is 3.93. The van der Waals surface area contributed by atoms with Crippen LogP contribution in [0.25, 0.3) is 17.3 Å². The number of hydrogen-bond donors (Lipinski definition) is 1. The second kappa shape index (κ2) is 8.25. The zero-order valence-electron chi connectivity index (χ0n) is 15.0. The molecule has 0 bridgehead atoms. The van der Waals surface area contributed by atoms with E-state index in [2.05, 4.69) is 51.9 Å². The molecule has 3 aromatic rings. The second-order valence-corrected chi connectivity index (χ2v) is 6.25. The molecule has 132 valence electrons. The van der Waals surface area contributed by atoms with Gasteiger partial charge in [0.05, 0.1) is 17.7 Å². The number of pyridine rings is 1. The molecule has 0 atom stereocenters. The van der Waals surface area contributed by atoms with Gasteiger partial charge in [-0.3, -0.25) is 9.78 Å². The summed E-state index contributed by atoms with van der Waals surface area (Å²) in [7, 11) is 0. The van der Waals surface area contributed by atoms with Crippen molar-refractivity contribution < 1.29 is 4.79 Å². The number of aromatic nitrogens is 3. The minimum absolute atomic E-state index is 0.0976. The van der Waals surface area contributed by atoms with E-state index in [1.165, 1.54) is 5.57 Å². The quantitative estimate of drug-likeness (QED) is 0.738. The monoisotopic (exact) mass is 346 g/mol. The molecule has 0 aliphatic carbocycles. The van der Waals surface area contributed by atoms with Crippen LogP contribution in [0.1, 0.15) is 29.9 Å². The molecule has 1 amide bonds. The van der Waals surface area contributed by atoms with Crippen molar-refractivity contribution in [2.75, 3.05) is 6.54 Å². The zero-order chi connectivity index (χ0) is 18.4. The zero-order valence-corrected chi connectivity index (χ0v) is 15.0. The van der Waals surface area contributed by atoms with Crippen LogP contribution in [0.4, 0.5) is 0 Å². The van der Waals surface area contributed by atoms with Gasteiger partial charge in [0.15, 0.2) is 0 Å². The third-order valence-electron chi connectivity index (χ3n) is 3.93. The van der Waals surface area contributed by atoms with Crippen molar-refractivity contribution in [2.24, 2.45) is 0 Å². The van der Waals surface area contributed by atoms with Gasteiger partial charge >= 0.3 is 0 Å². The topological polar surface area (TPSA) is 59.8 Å². The van der Waals surface area contributed by atoms with E-state index in [0.29, 0.717) is 18.7 Å². The summed E-state index contributed by atoms with van der Waals surface area (Å²) in [6.07, 6.45) is 7.18. The van der Waals surface area contributed by atoms with Crippen LogP contribution in [0.5, 0.6) is 0 Å². The number of carbonyl (C=O) groups is 1. The van der Waals surface area contributed by atoms with E-state index in [-0.39, 0.29) is 5.91 Å². The van der Waals surface area contributed by atoms with Gasteiger partial charge < -0.3 is 9.88 Å². The van der Waals surface area contributed by atoms with Gasteiger partial charge in [-0.2, -0.15) is 0 Å². The summed E-state index contributed by atoms with van der Waals surface area (Å²) in [5.41, 5.74) is 4.89. The fourth-order valence-corrected chi connectivity index (χ4v) is 2.71. The minimum atomic E-state index is -0.0976. The molecule has 2 heterocycles. The predicted octanol–water partition coefficient (Wildman–Crippen LogP) is 3.80. The SMILES string of the molecule is CC(C)=Cc1c(-c2ccccc2)ncn1CCNC(=O)c1ccncc1. The number of carbonyl (C=O) groups excluding carboxylic acids is 1. The molecule has 26 heavy (non-hydrogen) atoms. The Hall–Kier alpha value is -3.21. The lowest BCUT2D eigenvalue weighted by molar-refractivity contribution is 0.0952. The lowest BCUT2D eigenvalue weighted by Gasteiger charge is -2.09. The first kappa shape index (κ1) is 17.6. The smallest absolute Gasteiger partial charge is 0.251 e. The van der Waals surface area contributed by atoms with E-state index in [1.807, 2.05) is 24.5 Å². The number of allylic oxidation sites excluding steroid dienone is 1. The van der Waals surface area contributed by atoms with Crippen molar-refractivity contribution in [2.45, 2.75) is 20.4 Å². The molecule has 0 fully saturated rings. The highest BCUT2D eigenvalue weighted by atomic mass is 16.1. The van der Waals surface area contributed by atoms with E-state index in [0.717, 1.165) is 17.0 Å². The molecule has 5 heteroatoms. The van der Waals surface area contributed by atoms with Crippen LogP contribution in [0.3, 0.4) is 0 Å². The largest absolute Gasteiger partial charge is 0.350 e. The van der Waals surface area contributed by atoms with Crippen LogP contribution in [-0.2, 0) is 6.54 Å². The summed E-state index contributed by atoms with van der Waals surface area (Å²) in [5.74, 6) is -0.0976. The van der Waals surface area contributed by atoms with Crippen LogP contribution in [0, 0.1) is 0 Å². The van der Waals surface area contributed by atoms with E-state index in [1.54, 1.807) is 24.5 Å². The molecule has 5 nitrogen and oxygen atoms in total. The highest BCUT2D eigenvalue weighted by molar-refractivity contribution is 5.93. The van der Waals surface area contributed by atoms with Gasteiger partial charge in [-0.1, -0.05) is 35.9 Å². The van der Waals surface area contributed by atoms with Crippen LogP contribution >= 0.6 is 0 Å². The fourth-order valence-electron chi connectivity index (χ4n) is 2.71. The highest BCUT2D eigenvalue weighted by Crippen LogP contribution is 2.24. The number of amides is 1. The normalized spacial score (nSPS) is 10.4. The standard InChI is InChI=1S/C21H22N4O/c1-16(2)14-19-20(17-6-4-3-5-7-17)24-15-25(19)13-12-23-21(26)18-8-10-22-11-9-18/h3-11,14-15H,12-13H2,1-2H3,(H,23,26). The summed E-state index contributed by atoms with van der Waals surface area (Å²) in [4.78, 5) is 20.7. The minimum Gasteiger partial charge on any atom is -0.350 e. The molecule has 1 aromatic carbocycles. The summed E-state index contributed by atoms with van der Waals surface area (Å²) >= 11 is 0. The van der Waals surface area contributed by atoms with Gasteiger partial charge in [-0.15, -0.1) is 0 Å². The Morgan fingerprint density at radius 2 is 1.85 bits per heavy atom. The average molecular weight is 346 g/mol. The van der Waals surface area contributed by atoms with Crippen molar-refractivity contribution in [1.29, 1.82) is 0 Å². The lowest BCUT2D eigenvalue weighted by Crippen LogP contribution is -2.27. The van der Waals surface area contributed by atoms with Gasteiger partial charge in [-0.05, 0) is 32.1 Å². The molecule has 0 spiro atoms. The molecule has 0 saturated carbocycles. The highest BCUT2D eigenvalue weighted by Gasteiger charge is 2.11. The second-order valence-electron chi connectivity index (χ2n) is 6.25. The van der Waals surface area contributed by atoms with Crippen molar-refractivity contribution >= 4 is 12.0 Å². The predicted molar refractivity (Wildman–Crippen MR) is 104 cm³/mol. The summed E-state index contributed by atoms with van der Waals surface area (Å²) in [6, 6.07) is 13.5. The first-order valence-corrected chi connectivity index (χ1v) is 8.59. The number of hydrogen-bond acceptors (Lipinski definition) is 3. The van der Waals surface area contributed by atoms with Crippen molar-refractivity contribution in [3.8, 4) is 11.3 Å². The number of rotatable bonds is 6. The third kappa shape index (κ3) is 4.25. The molecule has 2 aromatic heterocycles. The summed E-state index contributed by atoms with van der Waals surface area (Å²) in [6.45, 7) is 5.31. The van der Waals surface area contributed by atoms with Crippen molar-refractivity contribution in [3.63, 3.8) is 0 Å². The number of benzene rings is 1. The Bertz CT molecular complexity index is 894. The molecule has 0 saturated heterocycles. The van der Waals surface area contributed by atoms with Gasteiger partial charge in [0.2, 0.25) is 0 Å². The Morgan fingerprint density at radius 3 is 2.54 bits per heavy atom. The van der Waals surface area contributed by atoms with Crippen molar-refractivity contribution in [3.05, 3.63) is 78.0 Å². The summed E-state index contributed by atoms with van der Waals surface area (Å²) < 4.78 is 2.07. The average Bonchev–Trinajstić information content (AvgIpc) is 3.05. The Balaban J connectivity index is 1.75. The maximum Gasteiger partial charge on any atom is 0.251 e. The number of imidazole rings is 1. The molecular weight excluding hydrogens is 324 g/mol. The molecule has 0 aliphatic rings. The van der Waals surface area contributed by atoms with Gasteiger partial charge in [0, 0.05) is 36.6 Å². The molecule has 0 aliphatic heterocycles. The van der Waals surface area contributed by atoms with Crippen LogP contribution in [0.15, 0.2) is 66.8 Å². The number of nitrogens with zero attached hydrogens (tertiary/aromatic N) is 3. The fraction of sp³-hybridized carbons (Fsp3) is 0.190. The van der Waals surface area contributed by atoms with E-state index < -0.39 is 0 Å². The maximum absolute atomic E-state index is 12.1. The first-order valence-electron chi connectivity index (χ1n) is 8.59.